The van der Waals surface area contributed by atoms with E-state index in [0.717, 1.165) is 12.8 Å². The molecule has 0 amide bonds. The summed E-state index contributed by atoms with van der Waals surface area (Å²) in [7, 11) is 0. The molecule has 0 fully saturated rings. The fraction of sp³-hybridized carbons (Fsp3) is 0.0667. The second-order valence-electron chi connectivity index (χ2n) is 8.54. The SMILES string of the molecule is C1=CC(n2c3ccccc3c3cc4c(cc32)c2ccccc2n4-c2ccccc2)=CCC1. The van der Waals surface area contributed by atoms with Crippen LogP contribution in [0.5, 0.6) is 0 Å². The summed E-state index contributed by atoms with van der Waals surface area (Å²) in [6.45, 7) is 0. The molecule has 0 atom stereocenters. The quantitative estimate of drug-likeness (QED) is 0.273. The minimum atomic E-state index is 1.09. The Morgan fingerprint density at radius 2 is 1.09 bits per heavy atom. The highest BCUT2D eigenvalue weighted by Crippen LogP contribution is 2.39. The standard InChI is InChI=1S/C30H22N2/c1-3-11-21(12-4-1)31-27-17-9-7-15-23(27)25-20-30-26(19-29(25)31)24-16-8-10-18-28(24)32(30)22-13-5-2-6-14-22/h1,3-5,7-20H,2,6H2. The summed E-state index contributed by atoms with van der Waals surface area (Å²) in [6.07, 6.45) is 9.14. The number of hydrogen-bond donors (Lipinski definition) is 0. The molecule has 0 saturated carbocycles. The van der Waals surface area contributed by atoms with Crippen molar-refractivity contribution in [3.8, 4) is 5.69 Å². The lowest BCUT2D eigenvalue weighted by atomic mass is 10.1. The van der Waals surface area contributed by atoms with Crippen molar-refractivity contribution in [3.05, 3.63) is 109 Å². The second-order valence-corrected chi connectivity index (χ2v) is 8.54. The fourth-order valence-electron chi connectivity index (χ4n) is 5.33. The first-order chi connectivity index (χ1) is 15.9. The minimum absolute atomic E-state index is 1.09. The summed E-state index contributed by atoms with van der Waals surface area (Å²) in [5.41, 5.74) is 7.50. The summed E-state index contributed by atoms with van der Waals surface area (Å²) in [4.78, 5) is 0. The van der Waals surface area contributed by atoms with Crippen molar-refractivity contribution >= 4 is 49.3 Å². The maximum atomic E-state index is 2.44. The largest absolute Gasteiger partial charge is 0.310 e. The molecule has 2 nitrogen and oxygen atoms in total. The molecule has 6 aromatic rings. The lowest BCUT2D eigenvalue weighted by Gasteiger charge is -2.12. The third kappa shape index (κ3) is 2.41. The van der Waals surface area contributed by atoms with E-state index in [1.807, 2.05) is 0 Å². The Labute approximate surface area is 186 Å². The van der Waals surface area contributed by atoms with Crippen molar-refractivity contribution in [1.29, 1.82) is 0 Å². The van der Waals surface area contributed by atoms with E-state index >= 15 is 0 Å². The van der Waals surface area contributed by atoms with E-state index in [2.05, 4.69) is 118 Å². The molecule has 0 N–H and O–H groups in total. The maximum absolute atomic E-state index is 2.44. The van der Waals surface area contributed by atoms with Gasteiger partial charge in [0.1, 0.15) is 0 Å². The number of nitrogens with zero attached hydrogens (tertiary/aromatic N) is 2. The summed E-state index contributed by atoms with van der Waals surface area (Å²) < 4.78 is 4.84. The third-order valence-corrected chi connectivity index (χ3v) is 6.71. The second kappa shape index (κ2) is 6.73. The van der Waals surface area contributed by atoms with Crippen LogP contribution in [0.1, 0.15) is 12.8 Å². The minimum Gasteiger partial charge on any atom is -0.310 e. The van der Waals surface area contributed by atoms with Crippen LogP contribution in [0.2, 0.25) is 0 Å². The van der Waals surface area contributed by atoms with Gasteiger partial charge in [0.2, 0.25) is 0 Å². The van der Waals surface area contributed by atoms with Gasteiger partial charge in [0.25, 0.3) is 0 Å². The smallest absolute Gasteiger partial charge is 0.0548 e. The number of fused-ring (bicyclic) bond motifs is 6. The zero-order valence-corrected chi connectivity index (χ0v) is 17.7. The van der Waals surface area contributed by atoms with E-state index in [0.29, 0.717) is 0 Å². The lowest BCUT2D eigenvalue weighted by molar-refractivity contribution is 1.02. The number of hydrogen-bond acceptors (Lipinski definition) is 0. The summed E-state index contributed by atoms with van der Waals surface area (Å²) in [5, 5.41) is 5.18. The van der Waals surface area contributed by atoms with Crippen LogP contribution in [0.3, 0.4) is 0 Å². The van der Waals surface area contributed by atoms with Crippen LogP contribution in [-0.4, -0.2) is 9.13 Å². The van der Waals surface area contributed by atoms with Gasteiger partial charge in [-0.2, -0.15) is 0 Å². The Hall–Kier alpha value is -4.04. The number of benzene rings is 4. The van der Waals surface area contributed by atoms with Gasteiger partial charge in [0, 0.05) is 32.9 Å². The highest BCUT2D eigenvalue weighted by Gasteiger charge is 2.18. The molecular formula is C30H22N2. The summed E-state index contributed by atoms with van der Waals surface area (Å²) in [5.74, 6) is 0. The van der Waals surface area contributed by atoms with Gasteiger partial charge < -0.3 is 9.13 Å². The molecule has 7 rings (SSSR count). The molecule has 2 heterocycles. The van der Waals surface area contributed by atoms with E-state index in [1.54, 1.807) is 0 Å². The molecule has 0 spiro atoms. The normalized spacial score (nSPS) is 14.1. The van der Waals surface area contributed by atoms with Gasteiger partial charge in [0.15, 0.2) is 0 Å². The Morgan fingerprint density at radius 3 is 1.75 bits per heavy atom. The van der Waals surface area contributed by atoms with E-state index < -0.39 is 0 Å². The van der Waals surface area contributed by atoms with E-state index in [1.165, 1.54) is 55.0 Å². The maximum Gasteiger partial charge on any atom is 0.0548 e. The third-order valence-electron chi connectivity index (χ3n) is 6.71. The van der Waals surface area contributed by atoms with Crippen LogP contribution in [0.15, 0.2) is 109 Å². The highest BCUT2D eigenvalue weighted by atomic mass is 15.0. The van der Waals surface area contributed by atoms with Gasteiger partial charge in [-0.15, -0.1) is 0 Å². The first kappa shape index (κ1) is 17.6. The van der Waals surface area contributed by atoms with Gasteiger partial charge in [0.05, 0.1) is 22.1 Å². The summed E-state index contributed by atoms with van der Waals surface area (Å²) >= 11 is 0. The van der Waals surface area contributed by atoms with Gasteiger partial charge in [-0.05, 0) is 55.3 Å². The van der Waals surface area contributed by atoms with Gasteiger partial charge in [-0.1, -0.05) is 66.7 Å². The number of aromatic nitrogens is 2. The molecule has 0 unspecified atom stereocenters. The molecule has 4 aromatic carbocycles. The van der Waals surface area contributed by atoms with Crippen LogP contribution in [0.25, 0.3) is 55.0 Å². The molecule has 2 aromatic heterocycles. The molecule has 1 aliphatic carbocycles. The monoisotopic (exact) mass is 410 g/mol. The Kier molecular flexibility index (Phi) is 3.71. The average molecular weight is 411 g/mol. The first-order valence-corrected chi connectivity index (χ1v) is 11.3. The van der Waals surface area contributed by atoms with Gasteiger partial charge >= 0.3 is 0 Å². The van der Waals surface area contributed by atoms with Crippen LogP contribution < -0.4 is 0 Å². The van der Waals surface area contributed by atoms with Crippen molar-refractivity contribution < 1.29 is 0 Å². The first-order valence-electron chi connectivity index (χ1n) is 11.3. The lowest BCUT2D eigenvalue weighted by Crippen LogP contribution is -1.97. The average Bonchev–Trinajstić information content (AvgIpc) is 3.36. The van der Waals surface area contributed by atoms with Gasteiger partial charge in [-0.3, -0.25) is 0 Å². The fourth-order valence-corrected chi connectivity index (χ4v) is 5.33. The predicted molar refractivity (Wildman–Crippen MR) is 136 cm³/mol. The molecule has 2 heteroatoms. The molecule has 0 bridgehead atoms. The molecule has 32 heavy (non-hydrogen) atoms. The van der Waals surface area contributed by atoms with E-state index in [9.17, 15) is 0 Å². The molecule has 152 valence electrons. The highest BCUT2D eigenvalue weighted by molar-refractivity contribution is 6.19. The van der Waals surface area contributed by atoms with Crippen LogP contribution in [0.4, 0.5) is 0 Å². The van der Waals surface area contributed by atoms with Gasteiger partial charge in [-0.25, -0.2) is 0 Å². The Balaban J connectivity index is 1.68. The predicted octanol–water partition coefficient (Wildman–Crippen LogP) is 8.08. The zero-order chi connectivity index (χ0) is 21.1. The Morgan fingerprint density at radius 1 is 0.500 bits per heavy atom. The zero-order valence-electron chi connectivity index (χ0n) is 17.7. The molecule has 1 aliphatic rings. The summed E-state index contributed by atoms with van der Waals surface area (Å²) in [6, 6.07) is 33.0. The molecular weight excluding hydrogens is 388 g/mol. The number of allylic oxidation sites excluding steroid dienone is 4. The molecule has 0 saturated heterocycles. The van der Waals surface area contributed by atoms with Crippen molar-refractivity contribution in [2.24, 2.45) is 0 Å². The van der Waals surface area contributed by atoms with Crippen molar-refractivity contribution in [2.75, 3.05) is 0 Å². The van der Waals surface area contributed by atoms with Crippen molar-refractivity contribution in [2.45, 2.75) is 12.8 Å². The van der Waals surface area contributed by atoms with Crippen LogP contribution in [-0.2, 0) is 0 Å². The Bertz CT molecular complexity index is 1710. The van der Waals surface area contributed by atoms with Crippen LogP contribution >= 0.6 is 0 Å². The topological polar surface area (TPSA) is 9.86 Å². The molecule has 0 radical (unpaired) electrons. The van der Waals surface area contributed by atoms with E-state index in [4.69, 9.17) is 0 Å². The van der Waals surface area contributed by atoms with Crippen molar-refractivity contribution in [1.82, 2.24) is 9.13 Å². The van der Waals surface area contributed by atoms with E-state index in [-0.39, 0.29) is 0 Å². The molecule has 0 aliphatic heterocycles. The van der Waals surface area contributed by atoms with Crippen LogP contribution in [0, 0.1) is 0 Å². The number of rotatable bonds is 2. The number of para-hydroxylation sites is 3. The van der Waals surface area contributed by atoms with Crippen molar-refractivity contribution in [3.63, 3.8) is 0 Å².